The van der Waals surface area contributed by atoms with Crippen LogP contribution in [0.4, 0.5) is 4.39 Å². The highest BCUT2D eigenvalue weighted by Gasteiger charge is 2.43. The molecule has 1 heterocycles. The first-order valence-corrected chi connectivity index (χ1v) is 6.75. The van der Waals surface area contributed by atoms with Crippen molar-refractivity contribution < 1.29 is 13.6 Å². The summed E-state index contributed by atoms with van der Waals surface area (Å²) >= 11 is 0. The van der Waals surface area contributed by atoms with E-state index in [0.717, 1.165) is 5.39 Å². The van der Waals surface area contributed by atoms with Crippen LogP contribution in [0.15, 0.2) is 34.7 Å². The first-order valence-electron chi connectivity index (χ1n) is 6.75. The molecule has 1 aliphatic rings. The summed E-state index contributed by atoms with van der Waals surface area (Å²) in [5.41, 5.74) is 4.80. The minimum Gasteiger partial charge on any atom is -0.451 e. The molecule has 0 aliphatic heterocycles. The van der Waals surface area contributed by atoms with E-state index in [1.807, 2.05) is 24.3 Å². The van der Waals surface area contributed by atoms with E-state index >= 15 is 0 Å². The molecule has 2 aromatic rings. The summed E-state index contributed by atoms with van der Waals surface area (Å²) in [4.78, 5) is 12.0. The molecule has 0 spiro atoms. The fourth-order valence-corrected chi connectivity index (χ4v) is 2.70. The van der Waals surface area contributed by atoms with E-state index in [4.69, 9.17) is 10.2 Å². The molecule has 0 radical (unpaired) electrons. The molecule has 1 saturated carbocycles. The molecule has 0 bridgehead atoms. The van der Waals surface area contributed by atoms with Gasteiger partial charge in [0.1, 0.15) is 11.3 Å². The highest BCUT2D eigenvalue weighted by molar-refractivity contribution is 5.96. The average molecular weight is 276 g/mol. The van der Waals surface area contributed by atoms with Crippen molar-refractivity contribution in [2.45, 2.75) is 18.5 Å². The molecule has 20 heavy (non-hydrogen) atoms. The molecule has 0 atom stereocenters. The molecular weight excluding hydrogens is 259 g/mol. The normalized spacial score (nSPS) is 25.4. The lowest BCUT2D eigenvalue weighted by Crippen LogP contribution is -2.49. The maximum atomic E-state index is 13.6. The Hall–Kier alpha value is -1.88. The van der Waals surface area contributed by atoms with Crippen LogP contribution in [0.3, 0.4) is 0 Å². The van der Waals surface area contributed by atoms with Gasteiger partial charge in [0, 0.05) is 18.5 Å². The summed E-state index contributed by atoms with van der Waals surface area (Å²) in [7, 11) is 0. The largest absolute Gasteiger partial charge is 0.451 e. The molecule has 106 valence electrons. The zero-order valence-electron chi connectivity index (χ0n) is 11.1. The van der Waals surface area contributed by atoms with Gasteiger partial charge in [-0.2, -0.15) is 0 Å². The van der Waals surface area contributed by atoms with Gasteiger partial charge < -0.3 is 15.5 Å². The number of furan rings is 1. The van der Waals surface area contributed by atoms with Crippen LogP contribution in [-0.4, -0.2) is 24.7 Å². The summed E-state index contributed by atoms with van der Waals surface area (Å²) in [5.74, 6) is 0.193. The fraction of sp³-hybridized carbons (Fsp3) is 0.400. The van der Waals surface area contributed by atoms with E-state index in [9.17, 15) is 9.18 Å². The number of halogens is 1. The van der Waals surface area contributed by atoms with Gasteiger partial charge in [0.25, 0.3) is 5.91 Å². The third kappa shape index (κ3) is 2.41. The van der Waals surface area contributed by atoms with Crippen LogP contribution in [0.1, 0.15) is 23.4 Å². The highest BCUT2D eigenvalue weighted by Crippen LogP contribution is 2.39. The van der Waals surface area contributed by atoms with Gasteiger partial charge in [-0.15, -0.1) is 0 Å². The van der Waals surface area contributed by atoms with Crippen molar-refractivity contribution in [3.63, 3.8) is 0 Å². The van der Waals surface area contributed by atoms with Crippen molar-refractivity contribution in [2.24, 2.45) is 11.7 Å². The Labute approximate surface area is 116 Å². The predicted octanol–water partition coefficient (Wildman–Crippen LogP) is 2.24. The molecule has 3 rings (SSSR count). The summed E-state index contributed by atoms with van der Waals surface area (Å²) < 4.78 is 19.1. The van der Waals surface area contributed by atoms with Crippen molar-refractivity contribution >= 4 is 16.9 Å². The van der Waals surface area contributed by atoms with Crippen LogP contribution in [-0.2, 0) is 0 Å². The number of hydrogen-bond donors (Lipinski definition) is 2. The van der Waals surface area contributed by atoms with Crippen LogP contribution in [0.25, 0.3) is 11.0 Å². The number of benzene rings is 1. The first kappa shape index (κ1) is 13.1. The number of para-hydroxylation sites is 1. The summed E-state index contributed by atoms with van der Waals surface area (Å²) in [6, 6.07) is 9.17. The maximum absolute atomic E-state index is 13.6. The van der Waals surface area contributed by atoms with Crippen molar-refractivity contribution in [2.75, 3.05) is 13.1 Å². The zero-order chi connectivity index (χ0) is 14.2. The molecule has 1 aliphatic carbocycles. The van der Waals surface area contributed by atoms with Crippen LogP contribution in [0.5, 0.6) is 0 Å². The predicted molar refractivity (Wildman–Crippen MR) is 74.2 cm³/mol. The fourth-order valence-electron chi connectivity index (χ4n) is 2.70. The third-order valence-electron chi connectivity index (χ3n) is 3.88. The first-order chi connectivity index (χ1) is 9.59. The number of nitrogens with two attached hydrogens (primary N) is 1. The molecule has 1 aromatic carbocycles. The third-order valence-corrected chi connectivity index (χ3v) is 3.88. The molecule has 0 unspecified atom stereocenters. The second-order valence-corrected chi connectivity index (χ2v) is 5.49. The van der Waals surface area contributed by atoms with E-state index in [-0.39, 0.29) is 24.1 Å². The van der Waals surface area contributed by atoms with Gasteiger partial charge in [-0.3, -0.25) is 4.79 Å². The number of alkyl halides is 1. The number of nitrogens with one attached hydrogen (secondary N) is 1. The summed E-state index contributed by atoms with van der Waals surface area (Å²) in [6.45, 7) is 0.516. The van der Waals surface area contributed by atoms with Gasteiger partial charge >= 0.3 is 0 Å². The Balaban J connectivity index is 1.57. The minimum absolute atomic E-state index is 0.0566. The van der Waals surface area contributed by atoms with Crippen LogP contribution >= 0.6 is 0 Å². The van der Waals surface area contributed by atoms with E-state index in [2.05, 4.69) is 5.32 Å². The van der Waals surface area contributed by atoms with Gasteiger partial charge in [-0.25, -0.2) is 4.39 Å². The summed E-state index contributed by atoms with van der Waals surface area (Å²) in [6.07, 6.45) is 0.841. The lowest BCUT2D eigenvalue weighted by Gasteiger charge is -2.40. The zero-order valence-corrected chi connectivity index (χ0v) is 11.1. The van der Waals surface area contributed by atoms with Crippen molar-refractivity contribution in [1.29, 1.82) is 0 Å². The van der Waals surface area contributed by atoms with Gasteiger partial charge in [0.15, 0.2) is 5.76 Å². The van der Waals surface area contributed by atoms with E-state index in [1.54, 1.807) is 6.07 Å². The Morgan fingerprint density at radius 2 is 2.20 bits per heavy atom. The summed E-state index contributed by atoms with van der Waals surface area (Å²) in [5, 5.41) is 3.68. The monoisotopic (exact) mass is 276 g/mol. The van der Waals surface area contributed by atoms with Crippen molar-refractivity contribution in [3.05, 3.63) is 36.1 Å². The number of fused-ring (bicyclic) bond motifs is 1. The SMILES string of the molecule is NCC1(F)CC(CNC(=O)c2cc3ccccc3o2)C1. The molecule has 3 N–H and O–H groups in total. The minimum atomic E-state index is -1.23. The number of amides is 1. The smallest absolute Gasteiger partial charge is 0.287 e. The van der Waals surface area contributed by atoms with Crippen molar-refractivity contribution in [3.8, 4) is 0 Å². The van der Waals surface area contributed by atoms with E-state index in [0.29, 0.717) is 25.0 Å². The van der Waals surface area contributed by atoms with Gasteiger partial charge in [-0.05, 0) is 30.9 Å². The second kappa shape index (κ2) is 4.90. The Kier molecular flexibility index (Phi) is 3.22. The lowest BCUT2D eigenvalue weighted by atomic mass is 9.72. The molecule has 0 saturated heterocycles. The van der Waals surface area contributed by atoms with Gasteiger partial charge in [0.2, 0.25) is 0 Å². The van der Waals surface area contributed by atoms with Crippen LogP contribution in [0.2, 0.25) is 0 Å². The van der Waals surface area contributed by atoms with E-state index < -0.39 is 5.67 Å². The van der Waals surface area contributed by atoms with E-state index in [1.165, 1.54) is 0 Å². The number of carbonyl (C=O) groups excluding carboxylic acids is 1. The molecule has 4 nitrogen and oxygen atoms in total. The standard InChI is InChI=1S/C15H17FN2O2/c16-15(9-17)6-10(7-15)8-18-14(19)13-5-11-3-1-2-4-12(11)20-13/h1-5,10H,6-9,17H2,(H,18,19). The quantitative estimate of drug-likeness (QED) is 0.900. The van der Waals surface area contributed by atoms with Crippen molar-refractivity contribution in [1.82, 2.24) is 5.32 Å². The molecule has 1 fully saturated rings. The van der Waals surface area contributed by atoms with Gasteiger partial charge in [-0.1, -0.05) is 18.2 Å². The lowest BCUT2D eigenvalue weighted by molar-refractivity contribution is 0.0160. The van der Waals surface area contributed by atoms with Crippen LogP contribution < -0.4 is 11.1 Å². The Morgan fingerprint density at radius 3 is 2.90 bits per heavy atom. The van der Waals surface area contributed by atoms with Gasteiger partial charge in [0.05, 0.1) is 0 Å². The highest BCUT2D eigenvalue weighted by atomic mass is 19.1. The Bertz CT molecular complexity index is 599. The van der Waals surface area contributed by atoms with Crippen LogP contribution in [0, 0.1) is 5.92 Å². The molecule has 1 amide bonds. The Morgan fingerprint density at radius 1 is 1.45 bits per heavy atom. The average Bonchev–Trinajstić information content (AvgIpc) is 2.85. The topological polar surface area (TPSA) is 68.3 Å². The number of rotatable bonds is 4. The number of hydrogen-bond acceptors (Lipinski definition) is 3. The molecule has 5 heteroatoms. The molecular formula is C15H17FN2O2. The molecule has 1 aromatic heterocycles. The maximum Gasteiger partial charge on any atom is 0.287 e. The second-order valence-electron chi connectivity index (χ2n) is 5.49. The number of carbonyl (C=O) groups is 1.